The summed E-state index contributed by atoms with van der Waals surface area (Å²) >= 11 is 0. The van der Waals surface area contributed by atoms with Crippen LogP contribution in [0.1, 0.15) is 48.1 Å². The van der Waals surface area contributed by atoms with Crippen LogP contribution in [0.15, 0.2) is 49.2 Å². The first kappa shape index (κ1) is 22.5. The normalized spacial score (nSPS) is 15.9. The fourth-order valence-corrected chi connectivity index (χ4v) is 5.20. The monoisotopic (exact) mass is 485 g/mol. The number of fused-ring (bicyclic) bond motifs is 1. The van der Waals surface area contributed by atoms with Gasteiger partial charge in [-0.3, -0.25) is 4.98 Å². The largest absolute Gasteiger partial charge is 0.363 e. The van der Waals surface area contributed by atoms with Gasteiger partial charge in [-0.05, 0) is 70.9 Å². The first-order valence-electron chi connectivity index (χ1n) is 12.5. The second kappa shape index (κ2) is 9.60. The number of benzene rings is 1. The van der Waals surface area contributed by atoms with Crippen molar-refractivity contribution in [1.29, 1.82) is 0 Å². The molecule has 0 aliphatic carbocycles. The Morgan fingerprint density at radius 2 is 1.83 bits per heavy atom. The predicted molar refractivity (Wildman–Crippen MR) is 134 cm³/mol. The molecule has 0 saturated carbocycles. The zero-order valence-corrected chi connectivity index (χ0v) is 20.3. The van der Waals surface area contributed by atoms with Gasteiger partial charge in [0, 0.05) is 44.3 Å². The molecule has 2 aliphatic rings. The van der Waals surface area contributed by atoms with Crippen LogP contribution in [0, 0.1) is 5.82 Å². The Labute approximate surface area is 209 Å². The van der Waals surface area contributed by atoms with Crippen LogP contribution < -0.4 is 9.80 Å². The summed E-state index contributed by atoms with van der Waals surface area (Å²) < 4.78 is 16.5. The van der Waals surface area contributed by atoms with Gasteiger partial charge in [0.2, 0.25) is 5.95 Å². The fourth-order valence-electron chi connectivity index (χ4n) is 5.20. The lowest BCUT2D eigenvalue weighted by Crippen LogP contribution is -2.34. The summed E-state index contributed by atoms with van der Waals surface area (Å²) in [5.74, 6) is 1.04. The van der Waals surface area contributed by atoms with Gasteiger partial charge < -0.3 is 9.80 Å². The Morgan fingerprint density at radius 1 is 1.00 bits per heavy atom. The number of pyridine rings is 1. The van der Waals surface area contributed by atoms with E-state index in [1.165, 1.54) is 22.6 Å². The van der Waals surface area contributed by atoms with Crippen LogP contribution in [0.2, 0.25) is 0 Å². The van der Waals surface area contributed by atoms with Gasteiger partial charge in [0.25, 0.3) is 0 Å². The molecular formula is C26H28FN9. The van der Waals surface area contributed by atoms with E-state index in [2.05, 4.69) is 54.3 Å². The molecule has 1 aromatic carbocycles. The van der Waals surface area contributed by atoms with Gasteiger partial charge in [-0.1, -0.05) is 13.0 Å². The summed E-state index contributed by atoms with van der Waals surface area (Å²) in [5, 5.41) is 11.1. The topological polar surface area (TPSA) is 88.8 Å². The average molecular weight is 486 g/mol. The van der Waals surface area contributed by atoms with E-state index >= 15 is 4.39 Å². The summed E-state index contributed by atoms with van der Waals surface area (Å²) in [7, 11) is 0. The number of rotatable bonds is 6. The van der Waals surface area contributed by atoms with Crippen LogP contribution in [0.25, 0.3) is 5.69 Å². The first-order valence-corrected chi connectivity index (χ1v) is 12.5. The summed E-state index contributed by atoms with van der Waals surface area (Å²) in [4.78, 5) is 18.1. The minimum absolute atomic E-state index is 0.257. The summed E-state index contributed by atoms with van der Waals surface area (Å²) in [6.45, 7) is 5.33. The Balaban J connectivity index is 1.09. The first-order chi connectivity index (χ1) is 17.7. The highest BCUT2D eigenvalue weighted by atomic mass is 19.1. The van der Waals surface area contributed by atoms with E-state index in [0.29, 0.717) is 23.8 Å². The van der Waals surface area contributed by atoms with Crippen molar-refractivity contribution in [3.05, 3.63) is 77.4 Å². The molecule has 0 amide bonds. The molecule has 3 aromatic heterocycles. The molecular weight excluding hydrogens is 457 g/mol. The van der Waals surface area contributed by atoms with E-state index in [9.17, 15) is 0 Å². The molecule has 0 unspecified atom stereocenters. The van der Waals surface area contributed by atoms with Crippen LogP contribution in [0.5, 0.6) is 0 Å². The number of aromatic nitrogens is 7. The molecule has 184 valence electrons. The third-order valence-electron chi connectivity index (χ3n) is 7.26. The number of aryl methyl sites for hydroxylation is 1. The number of hydrogen-bond acceptors (Lipinski definition) is 8. The maximum atomic E-state index is 15.0. The second-order valence-electron chi connectivity index (χ2n) is 9.45. The summed E-state index contributed by atoms with van der Waals surface area (Å²) in [6, 6.07) is 7.71. The number of tetrazole rings is 1. The standard InChI is InChI=1S/C26H28FN9/c1-2-18-13-29-26(30-14-18)34-8-5-19(6-9-34)21-3-4-22(28-15-21)16-35-10-7-20-11-23(12-24(27)25(20)35)36-17-31-32-33-36/h3-4,11-15,17,19H,2,5-10,16H2,1H3. The van der Waals surface area contributed by atoms with E-state index < -0.39 is 0 Å². The zero-order valence-electron chi connectivity index (χ0n) is 20.3. The highest BCUT2D eigenvalue weighted by Gasteiger charge is 2.26. The van der Waals surface area contributed by atoms with E-state index in [0.717, 1.165) is 68.1 Å². The molecule has 9 nitrogen and oxygen atoms in total. The summed E-state index contributed by atoms with van der Waals surface area (Å²) in [5.41, 5.74) is 5.62. The average Bonchev–Trinajstić information content (AvgIpc) is 3.60. The molecule has 4 aromatic rings. The molecule has 0 N–H and O–H groups in total. The molecule has 10 heteroatoms. The fraction of sp³-hybridized carbons (Fsp3) is 0.385. The van der Waals surface area contributed by atoms with Crippen molar-refractivity contribution >= 4 is 11.6 Å². The summed E-state index contributed by atoms with van der Waals surface area (Å²) in [6.07, 6.45) is 11.2. The molecule has 1 fully saturated rings. The lowest BCUT2D eigenvalue weighted by Gasteiger charge is -2.32. The van der Waals surface area contributed by atoms with Gasteiger partial charge in [0.05, 0.1) is 23.6 Å². The quantitative estimate of drug-likeness (QED) is 0.410. The van der Waals surface area contributed by atoms with E-state index in [-0.39, 0.29) is 5.82 Å². The van der Waals surface area contributed by atoms with Gasteiger partial charge in [-0.2, -0.15) is 0 Å². The van der Waals surface area contributed by atoms with Gasteiger partial charge >= 0.3 is 0 Å². The van der Waals surface area contributed by atoms with Crippen molar-refractivity contribution in [3.63, 3.8) is 0 Å². The maximum absolute atomic E-state index is 15.0. The third kappa shape index (κ3) is 4.38. The van der Waals surface area contributed by atoms with Crippen LogP contribution >= 0.6 is 0 Å². The van der Waals surface area contributed by atoms with Gasteiger partial charge in [-0.15, -0.1) is 5.10 Å². The molecule has 1 saturated heterocycles. The molecule has 0 spiro atoms. The molecule has 5 heterocycles. The lowest BCUT2D eigenvalue weighted by molar-refractivity contribution is 0.498. The van der Waals surface area contributed by atoms with Crippen molar-refractivity contribution in [2.75, 3.05) is 29.4 Å². The Hall–Kier alpha value is -3.95. The predicted octanol–water partition coefficient (Wildman–Crippen LogP) is 3.50. The van der Waals surface area contributed by atoms with Gasteiger partial charge in [0.1, 0.15) is 12.1 Å². The number of piperidine rings is 1. The SMILES string of the molecule is CCc1cnc(N2CCC(c3ccc(CN4CCc5cc(-n6cnnn6)cc(F)c54)nc3)CC2)nc1. The minimum Gasteiger partial charge on any atom is -0.363 e. The van der Waals surface area contributed by atoms with E-state index in [1.807, 2.05) is 24.7 Å². The zero-order chi connectivity index (χ0) is 24.5. The molecule has 0 radical (unpaired) electrons. The Bertz CT molecular complexity index is 1320. The van der Waals surface area contributed by atoms with Crippen molar-refractivity contribution in [3.8, 4) is 5.69 Å². The highest BCUT2D eigenvalue weighted by molar-refractivity contribution is 5.62. The van der Waals surface area contributed by atoms with Crippen LogP contribution in [-0.2, 0) is 19.4 Å². The molecule has 0 atom stereocenters. The highest BCUT2D eigenvalue weighted by Crippen LogP contribution is 2.34. The Kier molecular flexibility index (Phi) is 6.00. The minimum atomic E-state index is -0.257. The number of hydrogen-bond donors (Lipinski definition) is 0. The van der Waals surface area contributed by atoms with Gasteiger partial charge in [0.15, 0.2) is 0 Å². The van der Waals surface area contributed by atoms with Crippen molar-refractivity contribution in [1.82, 2.24) is 35.2 Å². The van der Waals surface area contributed by atoms with Crippen LogP contribution in [-0.4, -0.2) is 54.8 Å². The Morgan fingerprint density at radius 3 is 2.53 bits per heavy atom. The van der Waals surface area contributed by atoms with Crippen LogP contribution in [0.4, 0.5) is 16.0 Å². The molecule has 6 rings (SSSR count). The second-order valence-corrected chi connectivity index (χ2v) is 9.45. The van der Waals surface area contributed by atoms with Crippen molar-refractivity contribution < 1.29 is 4.39 Å². The van der Waals surface area contributed by atoms with Crippen molar-refractivity contribution in [2.45, 2.75) is 45.1 Å². The van der Waals surface area contributed by atoms with Crippen LogP contribution in [0.3, 0.4) is 0 Å². The van der Waals surface area contributed by atoms with E-state index in [4.69, 9.17) is 4.98 Å². The lowest BCUT2D eigenvalue weighted by atomic mass is 9.90. The van der Waals surface area contributed by atoms with E-state index in [1.54, 1.807) is 0 Å². The molecule has 2 aliphatic heterocycles. The smallest absolute Gasteiger partial charge is 0.225 e. The van der Waals surface area contributed by atoms with Gasteiger partial charge in [-0.25, -0.2) is 19.0 Å². The third-order valence-corrected chi connectivity index (χ3v) is 7.26. The van der Waals surface area contributed by atoms with Crippen molar-refractivity contribution in [2.24, 2.45) is 0 Å². The number of anilines is 2. The number of halogens is 1. The molecule has 0 bridgehead atoms. The maximum Gasteiger partial charge on any atom is 0.225 e. The number of nitrogens with zero attached hydrogens (tertiary/aromatic N) is 9. The molecule has 36 heavy (non-hydrogen) atoms.